The molecule has 1 unspecified atom stereocenters. The van der Waals surface area contributed by atoms with E-state index in [2.05, 4.69) is 10.3 Å². The lowest BCUT2D eigenvalue weighted by Crippen LogP contribution is -2.11. The van der Waals surface area contributed by atoms with Crippen molar-refractivity contribution in [2.45, 2.75) is 13.0 Å². The number of phenolic OH excluding ortho intramolecular Hbond substituents is 2. The van der Waals surface area contributed by atoms with Crippen LogP contribution in [0.15, 0.2) is 36.5 Å². The summed E-state index contributed by atoms with van der Waals surface area (Å²) in [5, 5.41) is 22.9. The summed E-state index contributed by atoms with van der Waals surface area (Å²) in [6.07, 6.45) is 1.73. The fraction of sp³-hybridized carbons (Fsp3) is 0.267. The maximum absolute atomic E-state index is 9.83. The molecule has 1 aromatic carbocycles. The van der Waals surface area contributed by atoms with Crippen LogP contribution in [0.4, 0.5) is 11.5 Å². The molecule has 1 aromatic heterocycles. The van der Waals surface area contributed by atoms with Crippen LogP contribution in [0.25, 0.3) is 0 Å². The van der Waals surface area contributed by atoms with Gasteiger partial charge >= 0.3 is 0 Å². The van der Waals surface area contributed by atoms with Gasteiger partial charge in [0.2, 0.25) is 0 Å². The number of anilines is 2. The highest BCUT2D eigenvalue weighted by Gasteiger charge is 2.14. The minimum Gasteiger partial charge on any atom is -0.507 e. The summed E-state index contributed by atoms with van der Waals surface area (Å²) in [5.41, 5.74) is 1.30. The van der Waals surface area contributed by atoms with Gasteiger partial charge in [-0.05, 0) is 31.2 Å². The monoisotopic (exact) mass is 273 g/mol. The molecule has 106 valence electrons. The second-order valence-corrected chi connectivity index (χ2v) is 4.88. The minimum atomic E-state index is -0.233. The van der Waals surface area contributed by atoms with E-state index in [0.29, 0.717) is 5.56 Å². The van der Waals surface area contributed by atoms with Crippen LogP contribution < -0.4 is 10.2 Å². The number of pyridine rings is 1. The molecule has 0 aliphatic rings. The Balaban J connectivity index is 2.17. The van der Waals surface area contributed by atoms with Gasteiger partial charge in [-0.15, -0.1) is 0 Å². The molecule has 3 N–H and O–H groups in total. The predicted molar refractivity (Wildman–Crippen MR) is 80.4 cm³/mol. The van der Waals surface area contributed by atoms with E-state index in [4.69, 9.17) is 0 Å². The first kappa shape index (κ1) is 14.0. The van der Waals surface area contributed by atoms with Crippen LogP contribution in [0.3, 0.4) is 0 Å². The van der Waals surface area contributed by atoms with Crippen LogP contribution in [-0.4, -0.2) is 29.3 Å². The van der Waals surface area contributed by atoms with E-state index in [1.807, 2.05) is 38.1 Å². The van der Waals surface area contributed by atoms with Crippen LogP contribution in [0.2, 0.25) is 0 Å². The maximum atomic E-state index is 9.83. The van der Waals surface area contributed by atoms with Gasteiger partial charge in [0.15, 0.2) is 0 Å². The van der Waals surface area contributed by atoms with Crippen molar-refractivity contribution in [1.82, 2.24) is 4.98 Å². The van der Waals surface area contributed by atoms with Crippen molar-refractivity contribution < 1.29 is 10.2 Å². The van der Waals surface area contributed by atoms with Gasteiger partial charge in [0.25, 0.3) is 0 Å². The Morgan fingerprint density at radius 3 is 2.25 bits per heavy atom. The average molecular weight is 273 g/mol. The quantitative estimate of drug-likeness (QED) is 0.799. The highest BCUT2D eigenvalue weighted by Crippen LogP contribution is 2.34. The van der Waals surface area contributed by atoms with E-state index in [0.717, 1.165) is 11.5 Å². The summed E-state index contributed by atoms with van der Waals surface area (Å²) in [5.74, 6) is 1.01. The number of aromatic hydroxyl groups is 2. The zero-order valence-corrected chi connectivity index (χ0v) is 11.8. The second-order valence-electron chi connectivity index (χ2n) is 4.88. The van der Waals surface area contributed by atoms with E-state index in [1.165, 1.54) is 0 Å². The molecule has 1 heterocycles. The zero-order valence-electron chi connectivity index (χ0n) is 11.8. The SMILES string of the molecule is CC(Nc1ccc(N(C)C)nc1)c1c(O)cccc1O. The number of nitrogens with one attached hydrogen (secondary N) is 1. The van der Waals surface area contributed by atoms with Crippen molar-refractivity contribution in [2.24, 2.45) is 0 Å². The second kappa shape index (κ2) is 5.69. The van der Waals surface area contributed by atoms with Crippen LogP contribution in [-0.2, 0) is 0 Å². The summed E-state index contributed by atoms with van der Waals surface area (Å²) in [7, 11) is 3.86. The standard InChI is InChI=1S/C15H19N3O2/c1-10(15-12(19)5-4-6-13(15)20)17-11-7-8-14(16-9-11)18(2)3/h4-10,17,19-20H,1-3H3. The van der Waals surface area contributed by atoms with E-state index in [-0.39, 0.29) is 17.5 Å². The van der Waals surface area contributed by atoms with Gasteiger partial charge in [0, 0.05) is 14.1 Å². The first-order chi connectivity index (χ1) is 9.49. The Morgan fingerprint density at radius 2 is 1.75 bits per heavy atom. The molecular weight excluding hydrogens is 254 g/mol. The third-order valence-corrected chi connectivity index (χ3v) is 3.08. The number of hydrogen-bond acceptors (Lipinski definition) is 5. The molecule has 0 aliphatic carbocycles. The molecule has 0 fully saturated rings. The van der Waals surface area contributed by atoms with Gasteiger partial charge in [-0.1, -0.05) is 6.07 Å². The van der Waals surface area contributed by atoms with Crippen LogP contribution in [0.5, 0.6) is 11.5 Å². The summed E-state index contributed by atoms with van der Waals surface area (Å²) >= 11 is 0. The van der Waals surface area contributed by atoms with Gasteiger partial charge in [-0.3, -0.25) is 0 Å². The number of aromatic nitrogens is 1. The van der Waals surface area contributed by atoms with Crippen molar-refractivity contribution >= 4 is 11.5 Å². The third kappa shape index (κ3) is 2.93. The summed E-state index contributed by atoms with van der Waals surface area (Å²) in [6, 6.07) is 8.30. The molecule has 2 aromatic rings. The van der Waals surface area contributed by atoms with Crippen molar-refractivity contribution in [2.75, 3.05) is 24.3 Å². The van der Waals surface area contributed by atoms with Crippen molar-refractivity contribution in [3.8, 4) is 11.5 Å². The zero-order chi connectivity index (χ0) is 14.7. The van der Waals surface area contributed by atoms with E-state index >= 15 is 0 Å². The fourth-order valence-corrected chi connectivity index (χ4v) is 2.04. The maximum Gasteiger partial charge on any atom is 0.128 e. The van der Waals surface area contributed by atoms with Crippen molar-refractivity contribution in [1.29, 1.82) is 0 Å². The summed E-state index contributed by atoms with van der Waals surface area (Å²) in [6.45, 7) is 1.87. The van der Waals surface area contributed by atoms with Crippen molar-refractivity contribution in [3.05, 3.63) is 42.1 Å². The van der Waals surface area contributed by atoms with Gasteiger partial charge in [0.05, 0.1) is 23.5 Å². The smallest absolute Gasteiger partial charge is 0.128 e. The molecule has 0 spiro atoms. The summed E-state index contributed by atoms with van der Waals surface area (Å²) < 4.78 is 0. The number of hydrogen-bond donors (Lipinski definition) is 3. The largest absolute Gasteiger partial charge is 0.507 e. The normalized spacial score (nSPS) is 11.9. The molecular formula is C15H19N3O2. The van der Waals surface area contributed by atoms with E-state index in [1.54, 1.807) is 24.4 Å². The average Bonchev–Trinajstić information content (AvgIpc) is 2.39. The van der Waals surface area contributed by atoms with E-state index in [9.17, 15) is 10.2 Å². The Kier molecular flexibility index (Phi) is 3.98. The van der Waals surface area contributed by atoms with Crippen LogP contribution in [0.1, 0.15) is 18.5 Å². The predicted octanol–water partition coefficient (Wildman–Crippen LogP) is 2.73. The number of phenols is 2. The van der Waals surface area contributed by atoms with Gasteiger partial charge < -0.3 is 20.4 Å². The van der Waals surface area contributed by atoms with Crippen molar-refractivity contribution in [3.63, 3.8) is 0 Å². The molecule has 2 rings (SSSR count). The molecule has 0 bridgehead atoms. The molecule has 1 atom stereocenters. The van der Waals surface area contributed by atoms with Crippen LogP contribution in [0, 0.1) is 0 Å². The highest BCUT2D eigenvalue weighted by atomic mass is 16.3. The Labute approximate surface area is 118 Å². The Bertz CT molecular complexity index is 562. The fourth-order valence-electron chi connectivity index (χ4n) is 2.04. The molecule has 5 nitrogen and oxygen atoms in total. The molecule has 0 amide bonds. The lowest BCUT2D eigenvalue weighted by atomic mass is 10.1. The van der Waals surface area contributed by atoms with Gasteiger partial charge in [-0.2, -0.15) is 0 Å². The number of nitrogens with zero attached hydrogens (tertiary/aromatic N) is 2. The van der Waals surface area contributed by atoms with E-state index < -0.39 is 0 Å². The molecule has 0 saturated heterocycles. The number of rotatable bonds is 4. The van der Waals surface area contributed by atoms with Crippen LogP contribution >= 0.6 is 0 Å². The Morgan fingerprint density at radius 1 is 1.10 bits per heavy atom. The Hall–Kier alpha value is -2.43. The minimum absolute atomic E-state index is 0.0721. The third-order valence-electron chi connectivity index (χ3n) is 3.08. The highest BCUT2D eigenvalue weighted by molar-refractivity contribution is 5.52. The molecule has 0 saturated carbocycles. The lowest BCUT2D eigenvalue weighted by Gasteiger charge is -2.18. The van der Waals surface area contributed by atoms with Gasteiger partial charge in [0.1, 0.15) is 17.3 Å². The lowest BCUT2D eigenvalue weighted by molar-refractivity contribution is 0.434. The first-order valence-electron chi connectivity index (χ1n) is 6.40. The molecule has 0 aliphatic heterocycles. The van der Waals surface area contributed by atoms with Gasteiger partial charge in [-0.25, -0.2) is 4.98 Å². The summed E-state index contributed by atoms with van der Waals surface area (Å²) in [4.78, 5) is 6.23. The number of benzene rings is 1. The molecule has 5 heteroatoms. The molecule has 20 heavy (non-hydrogen) atoms. The topological polar surface area (TPSA) is 68.6 Å². The first-order valence-corrected chi connectivity index (χ1v) is 6.40. The molecule has 0 radical (unpaired) electrons.